The van der Waals surface area contributed by atoms with Crippen LogP contribution < -0.4 is 0 Å². The Labute approximate surface area is 267 Å². The van der Waals surface area contributed by atoms with E-state index in [2.05, 4.69) is 13.8 Å². The fourth-order valence-electron chi connectivity index (χ4n) is 4.71. The van der Waals surface area contributed by atoms with E-state index >= 15 is 0 Å². The van der Waals surface area contributed by atoms with E-state index in [1.807, 2.05) is 72.7 Å². The number of hydrogen-bond acceptors (Lipinski definition) is 1. The van der Waals surface area contributed by atoms with Gasteiger partial charge < -0.3 is 5.11 Å². The Hall–Kier alpha value is -3.51. The number of aryl methyl sites for hydroxylation is 2. The second kappa shape index (κ2) is 19.1. The Balaban J connectivity index is 0.000000301. The minimum atomic E-state index is -0.521. The first-order chi connectivity index (χ1) is 21.0. The van der Waals surface area contributed by atoms with Crippen LogP contribution in [0.2, 0.25) is 0 Å². The zero-order valence-electron chi connectivity index (χ0n) is 28.3. The van der Waals surface area contributed by atoms with Gasteiger partial charge in [0, 0.05) is 6.07 Å². The van der Waals surface area contributed by atoms with Crippen LogP contribution in [0.15, 0.2) is 72.8 Å². The Morgan fingerprint density at radius 3 is 1.53 bits per heavy atom. The van der Waals surface area contributed by atoms with Crippen molar-refractivity contribution in [2.24, 2.45) is 0 Å². The molecule has 0 fully saturated rings. The molecule has 1 N–H and O–H groups in total. The van der Waals surface area contributed by atoms with Gasteiger partial charge in [0.2, 0.25) is 0 Å². The van der Waals surface area contributed by atoms with E-state index in [1.54, 1.807) is 13.0 Å². The summed E-state index contributed by atoms with van der Waals surface area (Å²) in [6.07, 6.45) is 0. The van der Waals surface area contributed by atoms with Crippen LogP contribution in [-0.4, -0.2) is 5.11 Å². The molecule has 4 aromatic rings. The van der Waals surface area contributed by atoms with Gasteiger partial charge in [-0.05, 0) is 107 Å². The minimum Gasteiger partial charge on any atom is -0.392 e. The molecule has 0 aliphatic rings. The zero-order chi connectivity index (χ0) is 34.4. The van der Waals surface area contributed by atoms with Gasteiger partial charge in [-0.15, -0.1) is 0 Å². The Kier molecular flexibility index (Phi) is 16.8. The topological polar surface area (TPSA) is 20.2 Å². The average Bonchev–Trinajstić information content (AvgIpc) is 2.94. The van der Waals surface area contributed by atoms with E-state index in [-0.39, 0.29) is 35.9 Å². The highest BCUT2D eigenvalue weighted by Crippen LogP contribution is 2.25. The van der Waals surface area contributed by atoms with Gasteiger partial charge >= 0.3 is 0 Å². The van der Waals surface area contributed by atoms with E-state index in [1.165, 1.54) is 42.0 Å². The summed E-state index contributed by atoms with van der Waals surface area (Å²) in [5.41, 5.74) is 5.96. The lowest BCUT2D eigenvalue weighted by molar-refractivity contribution is 0.279. The summed E-state index contributed by atoms with van der Waals surface area (Å²) in [7, 11) is 0. The molecule has 0 aliphatic carbocycles. The fraction of sp³-hybridized carbons (Fsp3) is 0.385. The number of halogens is 5. The van der Waals surface area contributed by atoms with E-state index in [4.69, 9.17) is 5.11 Å². The minimum absolute atomic E-state index is 0.0532. The molecule has 0 amide bonds. The zero-order valence-corrected chi connectivity index (χ0v) is 28.3. The number of benzene rings is 4. The van der Waals surface area contributed by atoms with Crippen molar-refractivity contribution in [3.05, 3.63) is 141 Å². The lowest BCUT2D eigenvalue weighted by Gasteiger charge is -2.14. The summed E-state index contributed by atoms with van der Waals surface area (Å²) in [4.78, 5) is 0. The fourth-order valence-corrected chi connectivity index (χ4v) is 4.71. The first kappa shape index (κ1) is 39.5. The van der Waals surface area contributed by atoms with Crippen LogP contribution in [0, 0.1) is 42.9 Å². The highest BCUT2D eigenvalue weighted by molar-refractivity contribution is 5.37. The molecule has 0 atom stereocenters. The summed E-state index contributed by atoms with van der Waals surface area (Å²) in [5, 5.41) is 9.05. The van der Waals surface area contributed by atoms with Gasteiger partial charge in [-0.25, -0.2) is 22.0 Å². The monoisotopic (exact) mass is 628 g/mol. The quantitative estimate of drug-likeness (QED) is 0.218. The van der Waals surface area contributed by atoms with Crippen molar-refractivity contribution in [1.82, 2.24) is 0 Å². The molecule has 4 aromatic carbocycles. The van der Waals surface area contributed by atoms with E-state index in [0.717, 1.165) is 28.3 Å². The van der Waals surface area contributed by atoms with E-state index < -0.39 is 11.6 Å². The molecule has 45 heavy (non-hydrogen) atoms. The molecule has 0 unspecified atom stereocenters. The van der Waals surface area contributed by atoms with Gasteiger partial charge in [-0.1, -0.05) is 91.8 Å². The van der Waals surface area contributed by atoms with Crippen molar-refractivity contribution >= 4 is 0 Å². The smallest absolute Gasteiger partial charge is 0.129 e. The predicted octanol–water partition coefficient (Wildman–Crippen LogP) is 12.0. The summed E-state index contributed by atoms with van der Waals surface area (Å²) in [5.74, 6) is -0.279. The van der Waals surface area contributed by atoms with Gasteiger partial charge in [0.15, 0.2) is 0 Å². The number of rotatable bonds is 5. The molecule has 246 valence electrons. The molecule has 0 spiro atoms. The van der Waals surface area contributed by atoms with Crippen molar-refractivity contribution in [2.45, 2.75) is 99.5 Å². The molecule has 6 heteroatoms. The van der Waals surface area contributed by atoms with Crippen molar-refractivity contribution in [3.63, 3.8) is 0 Å². The summed E-state index contributed by atoms with van der Waals surface area (Å²) in [6, 6.07) is 18.7. The standard InChI is InChI=1S/C11H15FO.C10H13F.C9H10F2.C9H11F/c1-7(2)11-8(3)4-10(12)5-9(11)6-13;1-7(2)9-6-4-5-8(3)10(9)11;1-6(2)8-4-3-7(10)5-9(8)11;1-7(2)8-3-5-9(10)6-4-8/h4-5,7,13H,6H2,1-3H3;4-7H,1-3H3;3-6H,1-2H3;3-7H,1-2H3. The number of hydrogen-bond donors (Lipinski definition) is 1. The lowest BCUT2D eigenvalue weighted by Crippen LogP contribution is -2.00. The molecule has 0 aliphatic heterocycles. The van der Waals surface area contributed by atoms with Crippen molar-refractivity contribution in [2.75, 3.05) is 0 Å². The maximum atomic E-state index is 13.3. The third kappa shape index (κ3) is 13.2. The highest BCUT2D eigenvalue weighted by atomic mass is 19.1. The van der Waals surface area contributed by atoms with Crippen LogP contribution in [0.25, 0.3) is 0 Å². The summed E-state index contributed by atoms with van der Waals surface area (Å²) >= 11 is 0. The second-order valence-corrected chi connectivity index (χ2v) is 12.3. The predicted molar refractivity (Wildman–Crippen MR) is 177 cm³/mol. The molecule has 0 saturated heterocycles. The van der Waals surface area contributed by atoms with Gasteiger partial charge in [-0.3, -0.25) is 0 Å². The van der Waals surface area contributed by atoms with Gasteiger partial charge in [0.25, 0.3) is 0 Å². The molecule has 0 saturated carbocycles. The van der Waals surface area contributed by atoms with Crippen LogP contribution in [0.3, 0.4) is 0 Å². The van der Waals surface area contributed by atoms with Crippen LogP contribution in [0.5, 0.6) is 0 Å². The Bertz CT molecular complexity index is 1460. The molecule has 0 bridgehead atoms. The van der Waals surface area contributed by atoms with Gasteiger partial charge in [0.1, 0.15) is 29.1 Å². The van der Waals surface area contributed by atoms with Crippen LogP contribution in [-0.2, 0) is 6.61 Å². The maximum Gasteiger partial charge on any atom is 0.129 e. The first-order valence-electron chi connectivity index (χ1n) is 15.3. The lowest BCUT2D eigenvalue weighted by atomic mass is 9.93. The van der Waals surface area contributed by atoms with Gasteiger partial charge in [-0.2, -0.15) is 0 Å². The molecule has 4 rings (SSSR count). The first-order valence-corrected chi connectivity index (χ1v) is 15.3. The SMILES string of the molecule is CC(C)c1ccc(F)cc1.CC(C)c1ccc(F)cc1F.Cc1cc(F)cc(CO)c1C(C)C.Cc1cccc(C(C)C)c1F. The van der Waals surface area contributed by atoms with Crippen molar-refractivity contribution < 1.29 is 27.1 Å². The maximum absolute atomic E-state index is 13.3. The molecule has 0 aromatic heterocycles. The summed E-state index contributed by atoms with van der Waals surface area (Å²) in [6.45, 7) is 19.6. The third-order valence-electron chi connectivity index (χ3n) is 7.15. The Morgan fingerprint density at radius 2 is 1.09 bits per heavy atom. The number of aliphatic hydroxyl groups excluding tert-OH is 1. The second-order valence-electron chi connectivity index (χ2n) is 12.3. The molecular formula is C39H49F5O. The van der Waals surface area contributed by atoms with E-state index in [9.17, 15) is 22.0 Å². The summed E-state index contributed by atoms with van der Waals surface area (Å²) < 4.78 is 63.8. The van der Waals surface area contributed by atoms with Crippen molar-refractivity contribution in [1.29, 1.82) is 0 Å². The molecular weight excluding hydrogens is 579 g/mol. The van der Waals surface area contributed by atoms with Crippen molar-refractivity contribution in [3.8, 4) is 0 Å². The normalized spacial score (nSPS) is 10.7. The molecule has 0 heterocycles. The largest absolute Gasteiger partial charge is 0.392 e. The van der Waals surface area contributed by atoms with Crippen LogP contribution >= 0.6 is 0 Å². The Morgan fingerprint density at radius 1 is 0.533 bits per heavy atom. The third-order valence-corrected chi connectivity index (χ3v) is 7.15. The van der Waals surface area contributed by atoms with Crippen LogP contribution in [0.4, 0.5) is 22.0 Å². The van der Waals surface area contributed by atoms with Gasteiger partial charge in [0.05, 0.1) is 6.61 Å². The highest BCUT2D eigenvalue weighted by Gasteiger charge is 2.11. The average molecular weight is 629 g/mol. The molecule has 0 radical (unpaired) electrons. The van der Waals surface area contributed by atoms with E-state index in [0.29, 0.717) is 23.0 Å². The molecule has 1 nitrogen and oxygen atoms in total. The van der Waals surface area contributed by atoms with Crippen LogP contribution in [0.1, 0.15) is 118 Å². The number of aliphatic hydroxyl groups is 1.